The van der Waals surface area contributed by atoms with Crippen molar-refractivity contribution in [2.24, 2.45) is 5.10 Å². The van der Waals surface area contributed by atoms with E-state index >= 15 is 0 Å². The lowest BCUT2D eigenvalue weighted by atomic mass is 10.2. The first kappa shape index (κ1) is 24.5. The number of nitrogens with zero attached hydrogens (tertiary/aromatic N) is 1. The smallest absolute Gasteiger partial charge is 0.343 e. The van der Waals surface area contributed by atoms with Gasteiger partial charge in [0.15, 0.2) is 0 Å². The van der Waals surface area contributed by atoms with E-state index in [-0.39, 0.29) is 5.75 Å². The molecule has 0 bridgehead atoms. The Hall–Kier alpha value is -4.18. The average Bonchev–Trinajstić information content (AvgIpc) is 2.85. The number of benzene rings is 3. The number of ether oxygens (including phenoxy) is 3. The highest BCUT2D eigenvalue weighted by molar-refractivity contribution is 9.10. The van der Waals surface area contributed by atoms with Gasteiger partial charge in [-0.05, 0) is 54.6 Å². The van der Waals surface area contributed by atoms with E-state index in [1.807, 2.05) is 0 Å². The Kier molecular flexibility index (Phi) is 8.36. The minimum absolute atomic E-state index is 0.211. The number of anilines is 1. The highest BCUT2D eigenvalue weighted by Gasteiger charge is 2.14. The van der Waals surface area contributed by atoms with Crippen LogP contribution in [-0.2, 0) is 9.59 Å². The lowest BCUT2D eigenvalue weighted by Gasteiger charge is -2.09. The number of halogens is 1. The molecule has 0 heterocycles. The lowest BCUT2D eigenvalue weighted by Crippen LogP contribution is -2.32. The van der Waals surface area contributed by atoms with Crippen molar-refractivity contribution in [3.8, 4) is 17.2 Å². The first-order valence-electron chi connectivity index (χ1n) is 9.84. The summed E-state index contributed by atoms with van der Waals surface area (Å²) in [5.41, 5.74) is 3.25. The zero-order valence-corrected chi connectivity index (χ0v) is 19.8. The Labute approximate surface area is 203 Å². The zero-order valence-electron chi connectivity index (χ0n) is 18.2. The number of nitrogens with one attached hydrogen (secondary N) is 2. The molecule has 0 atom stereocenters. The molecule has 3 aromatic carbocycles. The van der Waals surface area contributed by atoms with Crippen LogP contribution in [0.3, 0.4) is 0 Å². The maximum atomic E-state index is 12.5. The van der Waals surface area contributed by atoms with Crippen LogP contribution in [0.15, 0.2) is 76.3 Å². The van der Waals surface area contributed by atoms with E-state index in [1.54, 1.807) is 66.7 Å². The average molecular weight is 526 g/mol. The van der Waals surface area contributed by atoms with Gasteiger partial charge >= 0.3 is 17.8 Å². The molecule has 2 N–H and O–H groups in total. The molecule has 0 radical (unpaired) electrons. The number of carbonyl (C=O) groups is 3. The van der Waals surface area contributed by atoms with Gasteiger partial charge in [0.1, 0.15) is 17.2 Å². The molecule has 3 aromatic rings. The van der Waals surface area contributed by atoms with Gasteiger partial charge in [-0.15, -0.1) is 0 Å². The second-order valence-corrected chi connectivity index (χ2v) is 7.60. The van der Waals surface area contributed by atoms with E-state index in [9.17, 15) is 14.4 Å². The Morgan fingerprint density at radius 3 is 2.32 bits per heavy atom. The summed E-state index contributed by atoms with van der Waals surface area (Å²) in [6.45, 7) is 0. The van der Waals surface area contributed by atoms with E-state index in [0.717, 1.165) is 0 Å². The topological polar surface area (TPSA) is 115 Å². The van der Waals surface area contributed by atoms with Gasteiger partial charge in [-0.25, -0.2) is 10.2 Å². The molecule has 2 amide bonds. The fraction of sp³-hybridized carbons (Fsp3) is 0.0833. The summed E-state index contributed by atoms with van der Waals surface area (Å²) in [5.74, 6) is -1.12. The number of hydrazone groups is 1. The fourth-order valence-corrected chi connectivity index (χ4v) is 3.08. The molecular weight excluding hydrogens is 506 g/mol. The summed E-state index contributed by atoms with van der Waals surface area (Å²) in [7, 11) is 3.02. The van der Waals surface area contributed by atoms with Crippen molar-refractivity contribution >= 4 is 45.6 Å². The summed E-state index contributed by atoms with van der Waals surface area (Å²) < 4.78 is 16.3. The molecule has 0 aliphatic rings. The summed E-state index contributed by atoms with van der Waals surface area (Å²) in [6.07, 6.45) is 1.26. The van der Waals surface area contributed by atoms with Crippen LogP contribution in [0.5, 0.6) is 17.2 Å². The van der Waals surface area contributed by atoms with Gasteiger partial charge in [0.2, 0.25) is 0 Å². The van der Waals surface area contributed by atoms with Crippen molar-refractivity contribution in [1.82, 2.24) is 5.43 Å². The molecule has 0 aliphatic carbocycles. The molecule has 10 heteroatoms. The molecule has 0 aliphatic heterocycles. The quantitative estimate of drug-likeness (QED) is 0.159. The van der Waals surface area contributed by atoms with Crippen molar-refractivity contribution in [3.05, 3.63) is 82.3 Å². The number of hydrogen-bond donors (Lipinski definition) is 2. The van der Waals surface area contributed by atoms with E-state index in [0.29, 0.717) is 32.8 Å². The van der Waals surface area contributed by atoms with Gasteiger partial charge in [0, 0.05) is 21.8 Å². The number of rotatable bonds is 7. The molecule has 0 saturated carbocycles. The molecular formula is C24H20BrN3O6. The van der Waals surface area contributed by atoms with Crippen molar-refractivity contribution in [2.45, 2.75) is 0 Å². The molecule has 0 unspecified atom stereocenters. The van der Waals surface area contributed by atoms with Crippen LogP contribution in [0, 0.1) is 0 Å². The first-order chi connectivity index (χ1) is 16.4. The monoisotopic (exact) mass is 525 g/mol. The molecule has 3 rings (SSSR count). The third kappa shape index (κ3) is 6.66. The second-order valence-electron chi connectivity index (χ2n) is 6.69. The Morgan fingerprint density at radius 1 is 0.882 bits per heavy atom. The maximum absolute atomic E-state index is 12.5. The minimum atomic E-state index is -0.981. The number of carbonyl (C=O) groups excluding carboxylic acids is 3. The van der Waals surface area contributed by atoms with Gasteiger partial charge < -0.3 is 19.5 Å². The third-order valence-corrected chi connectivity index (χ3v) is 4.90. The zero-order chi connectivity index (χ0) is 24.5. The van der Waals surface area contributed by atoms with Crippen LogP contribution in [0.2, 0.25) is 0 Å². The minimum Gasteiger partial charge on any atom is -0.497 e. The highest BCUT2D eigenvalue weighted by atomic mass is 79.9. The van der Waals surface area contributed by atoms with Crippen LogP contribution in [0.25, 0.3) is 0 Å². The molecule has 0 fully saturated rings. The predicted octanol–water partition coefficient (Wildman–Crippen LogP) is 3.77. The highest BCUT2D eigenvalue weighted by Crippen LogP contribution is 2.23. The van der Waals surface area contributed by atoms with Crippen LogP contribution >= 0.6 is 15.9 Å². The molecule has 0 spiro atoms. The van der Waals surface area contributed by atoms with E-state index in [4.69, 9.17) is 14.2 Å². The largest absolute Gasteiger partial charge is 0.497 e. The van der Waals surface area contributed by atoms with Crippen LogP contribution < -0.4 is 25.0 Å². The maximum Gasteiger partial charge on any atom is 0.343 e. The molecule has 174 valence electrons. The van der Waals surface area contributed by atoms with Crippen LogP contribution in [-0.4, -0.2) is 38.2 Å². The standard InChI is InChI=1S/C24H20BrN3O6/c1-32-19-9-6-15(7-10-19)24(31)34-21-11-8-17(25)12-16(21)14-26-28-23(30)22(29)27-18-4-3-5-20(13-18)33-2/h3-14H,1-2H3,(H,27,29)(H,28,30). The van der Waals surface area contributed by atoms with Gasteiger partial charge in [-0.1, -0.05) is 22.0 Å². The number of methoxy groups -OCH3 is 2. The Morgan fingerprint density at radius 2 is 1.62 bits per heavy atom. The first-order valence-corrected chi connectivity index (χ1v) is 10.6. The Balaban J connectivity index is 1.65. The van der Waals surface area contributed by atoms with Crippen molar-refractivity contribution in [1.29, 1.82) is 0 Å². The van der Waals surface area contributed by atoms with Gasteiger partial charge in [-0.2, -0.15) is 5.10 Å². The third-order valence-electron chi connectivity index (χ3n) is 4.40. The van der Waals surface area contributed by atoms with Crippen LogP contribution in [0.1, 0.15) is 15.9 Å². The number of amides is 2. The van der Waals surface area contributed by atoms with E-state index in [1.165, 1.54) is 20.4 Å². The molecule has 0 aromatic heterocycles. The summed E-state index contributed by atoms with van der Waals surface area (Å²) >= 11 is 3.34. The molecule has 0 saturated heterocycles. The Bertz CT molecular complexity index is 1230. The summed E-state index contributed by atoms with van der Waals surface area (Å²) in [4.78, 5) is 36.7. The van der Waals surface area contributed by atoms with E-state index < -0.39 is 17.8 Å². The lowest BCUT2D eigenvalue weighted by molar-refractivity contribution is -0.136. The SMILES string of the molecule is COc1ccc(C(=O)Oc2ccc(Br)cc2C=NNC(=O)C(=O)Nc2cccc(OC)c2)cc1. The van der Waals surface area contributed by atoms with E-state index in [2.05, 4.69) is 31.8 Å². The summed E-state index contributed by atoms with van der Waals surface area (Å²) in [6, 6.07) is 17.9. The summed E-state index contributed by atoms with van der Waals surface area (Å²) in [5, 5.41) is 6.25. The predicted molar refractivity (Wildman–Crippen MR) is 129 cm³/mol. The normalized spacial score (nSPS) is 10.4. The molecule has 9 nitrogen and oxygen atoms in total. The molecule has 34 heavy (non-hydrogen) atoms. The second kappa shape index (κ2) is 11.6. The number of esters is 1. The van der Waals surface area contributed by atoms with Crippen molar-refractivity contribution in [2.75, 3.05) is 19.5 Å². The van der Waals surface area contributed by atoms with Crippen molar-refractivity contribution in [3.63, 3.8) is 0 Å². The number of hydrogen-bond acceptors (Lipinski definition) is 7. The fourth-order valence-electron chi connectivity index (χ4n) is 2.70. The van der Waals surface area contributed by atoms with Gasteiger partial charge in [0.25, 0.3) is 0 Å². The van der Waals surface area contributed by atoms with Crippen molar-refractivity contribution < 1.29 is 28.6 Å². The van der Waals surface area contributed by atoms with Gasteiger partial charge in [0.05, 0.1) is 26.0 Å². The van der Waals surface area contributed by atoms with Crippen LogP contribution in [0.4, 0.5) is 5.69 Å². The van der Waals surface area contributed by atoms with Gasteiger partial charge in [-0.3, -0.25) is 9.59 Å².